The number of rotatable bonds is 5. The normalized spacial score (nSPS) is 11.7. The third-order valence-corrected chi connectivity index (χ3v) is 6.01. The Labute approximate surface area is 158 Å². The molecule has 26 heavy (non-hydrogen) atoms. The highest BCUT2D eigenvalue weighted by Gasteiger charge is 2.30. The van der Waals surface area contributed by atoms with Gasteiger partial charge >= 0.3 is 5.97 Å². The number of carbonyl (C=O) groups is 1. The van der Waals surface area contributed by atoms with Gasteiger partial charge in [0, 0.05) is 10.4 Å². The van der Waals surface area contributed by atoms with Crippen LogP contribution in [0, 0.1) is 6.92 Å². The van der Waals surface area contributed by atoms with Crippen LogP contribution in [-0.2, 0) is 4.79 Å². The Morgan fingerprint density at radius 3 is 2.77 bits per heavy atom. The first-order valence-electron chi connectivity index (χ1n) is 7.83. The lowest BCUT2D eigenvalue weighted by molar-refractivity contribution is -0.138. The summed E-state index contributed by atoms with van der Waals surface area (Å²) >= 11 is 2.44. The summed E-state index contributed by atoms with van der Waals surface area (Å²) in [5.74, 6) is -0.259. The molecule has 0 radical (unpaired) electrons. The second-order valence-electron chi connectivity index (χ2n) is 6.23. The van der Waals surface area contributed by atoms with Gasteiger partial charge in [-0.3, -0.25) is 9.59 Å². The summed E-state index contributed by atoms with van der Waals surface area (Å²) in [7, 11) is 1.60. The van der Waals surface area contributed by atoms with Crippen LogP contribution in [0.1, 0.15) is 18.7 Å². The van der Waals surface area contributed by atoms with E-state index >= 15 is 0 Å². The van der Waals surface area contributed by atoms with Crippen molar-refractivity contribution in [3.8, 4) is 16.9 Å². The van der Waals surface area contributed by atoms with Gasteiger partial charge in [-0.2, -0.15) is 0 Å². The van der Waals surface area contributed by atoms with E-state index in [-0.39, 0.29) is 5.56 Å². The summed E-state index contributed by atoms with van der Waals surface area (Å²) in [5, 5.41) is 10.1. The Bertz CT molecular complexity index is 1050. The lowest BCUT2D eigenvalue weighted by atomic mass is 10.0. The van der Waals surface area contributed by atoms with E-state index in [2.05, 4.69) is 9.97 Å². The molecule has 1 aromatic carbocycles. The van der Waals surface area contributed by atoms with Gasteiger partial charge in [-0.15, -0.1) is 11.3 Å². The smallest absolute Gasteiger partial charge is 0.319 e. The molecule has 2 N–H and O–H groups in total. The number of H-pyrrole nitrogens is 1. The maximum atomic E-state index is 12.7. The van der Waals surface area contributed by atoms with Crippen LogP contribution in [0.2, 0.25) is 0 Å². The number of ether oxygens (including phenoxy) is 1. The van der Waals surface area contributed by atoms with Crippen molar-refractivity contribution < 1.29 is 14.6 Å². The highest BCUT2D eigenvalue weighted by molar-refractivity contribution is 8.01. The number of thioether (sulfide) groups is 1. The van der Waals surface area contributed by atoms with Crippen molar-refractivity contribution in [2.75, 3.05) is 7.11 Å². The zero-order chi connectivity index (χ0) is 19.1. The quantitative estimate of drug-likeness (QED) is 0.507. The van der Waals surface area contributed by atoms with Crippen LogP contribution in [0.5, 0.6) is 5.75 Å². The standard InChI is InChI=1S/C18H18N2O4S2/c1-9-12(10-6-5-7-11(8-10)24-4)13-14(21)19-17(20-15(13)25-9)26-18(2,3)16(22)23/h5-8H,1-4H3,(H,22,23)(H,19,20,21). The average molecular weight is 390 g/mol. The third kappa shape index (κ3) is 3.34. The molecule has 0 fully saturated rings. The molecule has 0 bridgehead atoms. The molecule has 3 rings (SSSR count). The lowest BCUT2D eigenvalue weighted by Crippen LogP contribution is -2.27. The molecule has 0 saturated heterocycles. The fraction of sp³-hybridized carbons (Fsp3) is 0.278. The topological polar surface area (TPSA) is 92.3 Å². The van der Waals surface area contributed by atoms with E-state index in [9.17, 15) is 14.7 Å². The zero-order valence-electron chi connectivity index (χ0n) is 14.7. The van der Waals surface area contributed by atoms with E-state index < -0.39 is 10.7 Å². The second-order valence-corrected chi connectivity index (χ2v) is 9.05. The van der Waals surface area contributed by atoms with Crippen molar-refractivity contribution in [2.24, 2.45) is 0 Å². The molecule has 136 valence electrons. The highest BCUT2D eigenvalue weighted by Crippen LogP contribution is 2.38. The first kappa shape index (κ1) is 18.5. The third-order valence-electron chi connectivity index (χ3n) is 3.94. The van der Waals surface area contributed by atoms with E-state index in [4.69, 9.17) is 4.74 Å². The number of aliphatic carboxylic acids is 1. The number of aromatic amines is 1. The van der Waals surface area contributed by atoms with Crippen molar-refractivity contribution in [1.82, 2.24) is 9.97 Å². The van der Waals surface area contributed by atoms with E-state index in [1.54, 1.807) is 21.0 Å². The van der Waals surface area contributed by atoms with Gasteiger partial charge in [0.2, 0.25) is 0 Å². The highest BCUT2D eigenvalue weighted by atomic mass is 32.2. The summed E-state index contributed by atoms with van der Waals surface area (Å²) < 4.78 is 4.18. The van der Waals surface area contributed by atoms with Gasteiger partial charge in [0.05, 0.1) is 12.5 Å². The number of nitrogens with zero attached hydrogens (tertiary/aromatic N) is 1. The van der Waals surface area contributed by atoms with E-state index in [0.717, 1.165) is 27.8 Å². The zero-order valence-corrected chi connectivity index (χ0v) is 16.4. The molecule has 0 aliphatic rings. The number of hydrogen-bond donors (Lipinski definition) is 2. The Kier molecular flexibility index (Phi) is 4.81. The minimum absolute atomic E-state index is 0.277. The maximum absolute atomic E-state index is 12.7. The summed E-state index contributed by atoms with van der Waals surface area (Å²) in [6.07, 6.45) is 0. The molecule has 2 aromatic heterocycles. The molecular formula is C18H18N2O4S2. The van der Waals surface area contributed by atoms with Crippen LogP contribution in [0.4, 0.5) is 0 Å². The largest absolute Gasteiger partial charge is 0.497 e. The van der Waals surface area contributed by atoms with Gasteiger partial charge in [-0.05, 0) is 38.5 Å². The fourth-order valence-electron chi connectivity index (χ4n) is 2.56. The molecule has 3 aromatic rings. The van der Waals surface area contributed by atoms with Crippen LogP contribution in [0.15, 0.2) is 34.2 Å². The number of aryl methyl sites for hydroxylation is 1. The van der Waals surface area contributed by atoms with Crippen molar-refractivity contribution in [2.45, 2.75) is 30.7 Å². The molecular weight excluding hydrogens is 372 g/mol. The van der Waals surface area contributed by atoms with Gasteiger partial charge in [-0.1, -0.05) is 23.9 Å². The van der Waals surface area contributed by atoms with Crippen molar-refractivity contribution in [1.29, 1.82) is 0 Å². The van der Waals surface area contributed by atoms with Gasteiger partial charge in [-0.25, -0.2) is 4.98 Å². The predicted octanol–water partition coefficient (Wildman–Crippen LogP) is 3.92. The fourth-order valence-corrected chi connectivity index (χ4v) is 4.51. The number of aromatic nitrogens is 2. The molecule has 0 unspecified atom stereocenters. The summed E-state index contributed by atoms with van der Waals surface area (Å²) in [6.45, 7) is 5.09. The monoisotopic (exact) mass is 390 g/mol. The molecule has 0 atom stereocenters. The van der Waals surface area contributed by atoms with Crippen molar-refractivity contribution in [3.05, 3.63) is 39.5 Å². The van der Waals surface area contributed by atoms with Crippen LogP contribution in [0.25, 0.3) is 21.3 Å². The van der Waals surface area contributed by atoms with Gasteiger partial charge < -0.3 is 14.8 Å². The SMILES string of the molecule is COc1cccc(-c2c(C)sc3nc(SC(C)(C)C(=O)O)[nH]c(=O)c23)c1. The number of carboxylic acids is 1. The number of hydrogen-bond acceptors (Lipinski definition) is 6. The second kappa shape index (κ2) is 6.77. The number of fused-ring (bicyclic) bond motifs is 1. The van der Waals surface area contributed by atoms with Crippen LogP contribution >= 0.6 is 23.1 Å². The Hall–Kier alpha value is -2.32. The minimum Gasteiger partial charge on any atom is -0.497 e. The number of nitrogens with one attached hydrogen (secondary N) is 1. The van der Waals surface area contributed by atoms with E-state index in [1.807, 2.05) is 31.2 Å². The Morgan fingerprint density at radius 2 is 2.12 bits per heavy atom. The van der Waals surface area contributed by atoms with Crippen molar-refractivity contribution in [3.63, 3.8) is 0 Å². The van der Waals surface area contributed by atoms with Crippen LogP contribution in [-0.4, -0.2) is 32.9 Å². The number of methoxy groups -OCH3 is 1. The van der Waals surface area contributed by atoms with Gasteiger partial charge in [0.15, 0.2) is 5.16 Å². The minimum atomic E-state index is -1.09. The van der Waals surface area contributed by atoms with Crippen molar-refractivity contribution >= 4 is 39.3 Å². The molecule has 6 nitrogen and oxygen atoms in total. The summed E-state index contributed by atoms with van der Waals surface area (Å²) in [5.41, 5.74) is 1.43. The van der Waals surface area contributed by atoms with Gasteiger partial charge in [0.25, 0.3) is 5.56 Å². The maximum Gasteiger partial charge on any atom is 0.319 e. The first-order chi connectivity index (χ1) is 12.2. The Morgan fingerprint density at radius 1 is 1.38 bits per heavy atom. The molecule has 0 aliphatic heterocycles. The van der Waals surface area contributed by atoms with Gasteiger partial charge in [0.1, 0.15) is 15.3 Å². The molecule has 0 aliphatic carbocycles. The van der Waals surface area contributed by atoms with E-state index in [1.165, 1.54) is 11.3 Å². The average Bonchev–Trinajstić information content (AvgIpc) is 2.90. The number of carboxylic acid groups (broad SMARTS) is 1. The molecule has 8 heteroatoms. The predicted molar refractivity (Wildman–Crippen MR) is 105 cm³/mol. The lowest BCUT2D eigenvalue weighted by Gasteiger charge is -2.16. The van der Waals surface area contributed by atoms with Crippen LogP contribution < -0.4 is 10.3 Å². The van der Waals surface area contributed by atoms with Crippen LogP contribution in [0.3, 0.4) is 0 Å². The number of benzene rings is 1. The Balaban J connectivity index is 2.15. The first-order valence-corrected chi connectivity index (χ1v) is 9.46. The molecule has 0 spiro atoms. The summed E-state index contributed by atoms with van der Waals surface area (Å²) in [4.78, 5) is 32.8. The van der Waals surface area contributed by atoms with E-state index in [0.29, 0.717) is 21.1 Å². The molecule has 2 heterocycles. The molecule has 0 saturated carbocycles. The molecule has 0 amide bonds. The number of thiophene rings is 1. The summed E-state index contributed by atoms with van der Waals surface area (Å²) in [6, 6.07) is 7.52.